The van der Waals surface area contributed by atoms with Crippen LogP contribution in [0.25, 0.3) is 77.9 Å². The van der Waals surface area contributed by atoms with Gasteiger partial charge in [0.1, 0.15) is 0 Å². The van der Waals surface area contributed by atoms with Crippen LogP contribution in [-0.4, -0.2) is 9.97 Å². The number of benzene rings is 7. The molecule has 0 saturated carbocycles. The summed E-state index contributed by atoms with van der Waals surface area (Å²) in [5, 5.41) is 2.59. The Labute approximate surface area is 310 Å². The molecule has 1 aromatic heterocycles. The topological polar surface area (TPSA) is 25.8 Å². The van der Waals surface area contributed by atoms with Gasteiger partial charge in [0, 0.05) is 33.9 Å². The summed E-state index contributed by atoms with van der Waals surface area (Å²) in [6.45, 7) is 9.37. The zero-order valence-electron chi connectivity index (χ0n) is 30.5. The summed E-state index contributed by atoms with van der Waals surface area (Å²) in [5.74, 6) is 0. The molecule has 0 bridgehead atoms. The highest BCUT2D eigenvalue weighted by Gasteiger charge is 2.37. The van der Waals surface area contributed by atoms with Crippen molar-refractivity contribution >= 4 is 10.8 Å². The van der Waals surface area contributed by atoms with Gasteiger partial charge < -0.3 is 0 Å². The summed E-state index contributed by atoms with van der Waals surface area (Å²) in [5.41, 5.74) is 21.8. The summed E-state index contributed by atoms with van der Waals surface area (Å²) in [4.78, 5) is 10.9. The molecule has 0 saturated heterocycles. The molecule has 0 aliphatic heterocycles. The van der Waals surface area contributed by atoms with E-state index < -0.39 is 0 Å². The number of hydrogen-bond acceptors (Lipinski definition) is 2. The predicted octanol–water partition coefficient (Wildman–Crippen LogP) is 12.8. The van der Waals surface area contributed by atoms with Gasteiger partial charge in [-0.15, -0.1) is 0 Å². The molecule has 0 spiro atoms. The second-order valence-electron chi connectivity index (χ2n) is 16.2. The lowest BCUT2D eigenvalue weighted by atomic mass is 9.81. The largest absolute Gasteiger partial charge is 0.248 e. The molecule has 3 aliphatic rings. The number of hydrogen-bond donors (Lipinski definition) is 0. The zero-order chi connectivity index (χ0) is 35.6. The van der Waals surface area contributed by atoms with E-state index in [-0.39, 0.29) is 10.8 Å². The van der Waals surface area contributed by atoms with Gasteiger partial charge >= 0.3 is 0 Å². The van der Waals surface area contributed by atoms with Crippen LogP contribution in [0.3, 0.4) is 0 Å². The van der Waals surface area contributed by atoms with Crippen LogP contribution in [-0.2, 0) is 17.3 Å². The summed E-state index contributed by atoms with van der Waals surface area (Å²) in [6.07, 6.45) is 0.806. The van der Waals surface area contributed by atoms with E-state index in [9.17, 15) is 0 Å². The van der Waals surface area contributed by atoms with E-state index in [1.54, 1.807) is 0 Å². The molecule has 2 heteroatoms. The van der Waals surface area contributed by atoms with Crippen molar-refractivity contribution in [1.29, 1.82) is 0 Å². The van der Waals surface area contributed by atoms with Gasteiger partial charge in [0.2, 0.25) is 0 Å². The molecule has 0 fully saturated rings. The second kappa shape index (κ2) is 10.7. The third-order valence-corrected chi connectivity index (χ3v) is 12.5. The molecule has 11 rings (SSSR count). The van der Waals surface area contributed by atoms with Crippen LogP contribution in [0, 0.1) is 0 Å². The van der Waals surface area contributed by atoms with Crippen molar-refractivity contribution in [1.82, 2.24) is 9.97 Å². The van der Waals surface area contributed by atoms with Gasteiger partial charge in [0.05, 0.1) is 22.8 Å². The summed E-state index contributed by atoms with van der Waals surface area (Å²) in [6, 6.07) is 53.8. The van der Waals surface area contributed by atoms with E-state index in [1.165, 1.54) is 77.5 Å². The molecule has 3 aliphatic carbocycles. The summed E-state index contributed by atoms with van der Waals surface area (Å²) >= 11 is 0. The Bertz CT molecular complexity index is 2850. The van der Waals surface area contributed by atoms with Crippen LogP contribution >= 0.6 is 0 Å². The molecular formula is C51H38N2. The van der Waals surface area contributed by atoms with Crippen LogP contribution < -0.4 is 0 Å². The van der Waals surface area contributed by atoms with Gasteiger partial charge in [0.15, 0.2) is 0 Å². The lowest BCUT2D eigenvalue weighted by Crippen LogP contribution is -2.15. The minimum atomic E-state index is -0.0936. The van der Waals surface area contributed by atoms with Gasteiger partial charge in [0.25, 0.3) is 0 Å². The van der Waals surface area contributed by atoms with Gasteiger partial charge in [-0.05, 0) is 84.1 Å². The van der Waals surface area contributed by atoms with Crippen molar-refractivity contribution in [3.8, 4) is 67.2 Å². The molecule has 0 unspecified atom stereocenters. The van der Waals surface area contributed by atoms with Crippen molar-refractivity contribution in [2.24, 2.45) is 0 Å². The van der Waals surface area contributed by atoms with Crippen LogP contribution in [0.5, 0.6) is 0 Å². The normalized spacial score (nSPS) is 15.0. The number of rotatable bonds is 3. The molecule has 2 nitrogen and oxygen atoms in total. The maximum absolute atomic E-state index is 5.45. The van der Waals surface area contributed by atoms with Crippen LogP contribution in [0.4, 0.5) is 0 Å². The third-order valence-electron chi connectivity index (χ3n) is 12.5. The lowest BCUT2D eigenvalue weighted by Gasteiger charge is -2.22. The van der Waals surface area contributed by atoms with E-state index in [0.717, 1.165) is 40.3 Å². The Balaban J connectivity index is 1.02. The standard InChI is InChI=1S/C51H38N2/c1-50(2)42-16-10-8-14-40(42)46-36-24-21-32(27-34(36)23-26-43(46)50)30-17-19-31(20-18-30)47-48(52-45-29-33-11-5-6-12-37(33)49(45)53-47)35-22-25-39-38-13-7-9-15-41(38)51(3,4)44(39)28-35/h5-28H,29H2,1-4H3. The first kappa shape index (κ1) is 30.5. The average molecular weight is 679 g/mol. The fourth-order valence-corrected chi connectivity index (χ4v) is 9.68. The predicted molar refractivity (Wildman–Crippen MR) is 219 cm³/mol. The highest BCUT2D eigenvalue weighted by molar-refractivity contribution is 6.03. The van der Waals surface area contributed by atoms with Crippen molar-refractivity contribution in [3.63, 3.8) is 0 Å². The van der Waals surface area contributed by atoms with Crippen LogP contribution in [0.1, 0.15) is 61.2 Å². The van der Waals surface area contributed by atoms with Crippen molar-refractivity contribution in [2.45, 2.75) is 44.9 Å². The highest BCUT2D eigenvalue weighted by atomic mass is 14.9. The molecule has 53 heavy (non-hydrogen) atoms. The fraction of sp³-hybridized carbons (Fsp3) is 0.137. The van der Waals surface area contributed by atoms with Gasteiger partial charge in [-0.3, -0.25) is 0 Å². The molecule has 0 atom stereocenters. The van der Waals surface area contributed by atoms with Crippen LogP contribution in [0.2, 0.25) is 0 Å². The lowest BCUT2D eigenvalue weighted by molar-refractivity contribution is 0.660. The van der Waals surface area contributed by atoms with Crippen LogP contribution in [0.15, 0.2) is 146 Å². The van der Waals surface area contributed by atoms with E-state index in [1.807, 2.05) is 0 Å². The average Bonchev–Trinajstić information content (AvgIpc) is 3.76. The Morgan fingerprint density at radius 2 is 1.02 bits per heavy atom. The monoisotopic (exact) mass is 678 g/mol. The van der Waals surface area contributed by atoms with Crippen molar-refractivity contribution in [3.05, 3.63) is 179 Å². The molecular weight excluding hydrogens is 641 g/mol. The number of fused-ring (bicyclic) bond motifs is 11. The molecule has 8 aromatic rings. The zero-order valence-corrected chi connectivity index (χ0v) is 30.5. The third kappa shape index (κ3) is 4.27. The molecule has 7 aromatic carbocycles. The Morgan fingerprint density at radius 1 is 0.415 bits per heavy atom. The Kier molecular flexibility index (Phi) is 6.16. The van der Waals surface area contributed by atoms with Gasteiger partial charge in [-0.2, -0.15) is 0 Å². The summed E-state index contributed by atoms with van der Waals surface area (Å²) in [7, 11) is 0. The van der Waals surface area contributed by atoms with Crippen molar-refractivity contribution < 1.29 is 0 Å². The highest BCUT2D eigenvalue weighted by Crippen LogP contribution is 2.52. The first-order valence-electron chi connectivity index (χ1n) is 18.8. The first-order chi connectivity index (χ1) is 25.8. The smallest absolute Gasteiger partial charge is 0.0973 e. The van der Waals surface area contributed by atoms with E-state index in [0.29, 0.717) is 0 Å². The number of aromatic nitrogens is 2. The van der Waals surface area contributed by atoms with Crippen molar-refractivity contribution in [2.75, 3.05) is 0 Å². The van der Waals surface area contributed by atoms with Gasteiger partial charge in [-0.25, -0.2) is 9.97 Å². The molecule has 0 radical (unpaired) electrons. The van der Waals surface area contributed by atoms with E-state index in [2.05, 4.69) is 173 Å². The van der Waals surface area contributed by atoms with E-state index >= 15 is 0 Å². The second-order valence-corrected chi connectivity index (χ2v) is 16.2. The molecule has 252 valence electrons. The minimum Gasteiger partial charge on any atom is -0.248 e. The molecule has 0 amide bonds. The molecule has 1 heterocycles. The van der Waals surface area contributed by atoms with E-state index in [4.69, 9.17) is 9.97 Å². The maximum atomic E-state index is 5.45. The first-order valence-corrected chi connectivity index (χ1v) is 18.8. The summed E-state index contributed by atoms with van der Waals surface area (Å²) < 4.78 is 0. The minimum absolute atomic E-state index is 0.00298. The molecule has 0 N–H and O–H groups in total. The quantitative estimate of drug-likeness (QED) is 0.186. The Hall–Kier alpha value is -6.12. The number of nitrogens with zero attached hydrogens (tertiary/aromatic N) is 2. The Morgan fingerprint density at radius 3 is 1.83 bits per heavy atom. The van der Waals surface area contributed by atoms with Gasteiger partial charge in [-0.1, -0.05) is 161 Å². The SMILES string of the molecule is CC1(C)c2ccccc2-c2ccc(-c3nc4c(nc3-c3ccc(-c5ccc6c7c(ccc6c5)C(C)(C)c5ccccc5-7)cc3)-c3ccccc3C4)cc21. The maximum Gasteiger partial charge on any atom is 0.0973 e. The fourth-order valence-electron chi connectivity index (χ4n) is 9.68.